The number of rotatable bonds is 3. The van der Waals surface area contributed by atoms with E-state index in [1.807, 2.05) is 4.90 Å². The second kappa shape index (κ2) is 7.66. The Hall–Kier alpha value is -2.34. The summed E-state index contributed by atoms with van der Waals surface area (Å²) in [5.74, 6) is -0.181. The van der Waals surface area contributed by atoms with Crippen LogP contribution in [0.2, 0.25) is 0 Å². The van der Waals surface area contributed by atoms with Crippen LogP contribution in [0.15, 0.2) is 10.9 Å². The number of hydrogen-bond donors (Lipinski definition) is 0. The molecule has 1 aromatic heterocycles. The van der Waals surface area contributed by atoms with Gasteiger partial charge in [0.2, 0.25) is 11.9 Å². The standard InChI is InChI=1S/C19H24F3N5O4/c20-19(21,22)14-1-2-25-16(28)8-15(26-9-13-7-12(26)11-31-13)23-18(25)27(14)10-17(29)24-3-5-30-6-4-24/h8,12-14H,1-7,9-11H2/t12-,13-,14-/m0/s1. The van der Waals surface area contributed by atoms with E-state index in [2.05, 4.69) is 4.98 Å². The van der Waals surface area contributed by atoms with E-state index in [0.29, 0.717) is 45.3 Å². The number of nitrogens with zero attached hydrogens (tertiary/aromatic N) is 5. The summed E-state index contributed by atoms with van der Waals surface area (Å²) >= 11 is 0. The minimum Gasteiger partial charge on any atom is -0.378 e. The molecule has 0 unspecified atom stereocenters. The van der Waals surface area contributed by atoms with Crippen molar-refractivity contribution in [3.63, 3.8) is 0 Å². The van der Waals surface area contributed by atoms with Crippen LogP contribution in [0.1, 0.15) is 12.8 Å². The molecule has 0 aliphatic carbocycles. The van der Waals surface area contributed by atoms with Crippen LogP contribution in [0.25, 0.3) is 0 Å². The van der Waals surface area contributed by atoms with E-state index >= 15 is 0 Å². The van der Waals surface area contributed by atoms with Gasteiger partial charge >= 0.3 is 6.18 Å². The Bertz CT molecular complexity index is 917. The Morgan fingerprint density at radius 3 is 2.65 bits per heavy atom. The predicted molar refractivity (Wildman–Crippen MR) is 103 cm³/mol. The number of aromatic nitrogens is 2. The van der Waals surface area contributed by atoms with Crippen LogP contribution in [0.3, 0.4) is 0 Å². The normalized spacial score (nSPS) is 28.2. The summed E-state index contributed by atoms with van der Waals surface area (Å²) in [6, 6.07) is -0.441. The summed E-state index contributed by atoms with van der Waals surface area (Å²) in [6.07, 6.45) is -4.00. The molecule has 0 saturated carbocycles. The van der Waals surface area contributed by atoms with Crippen LogP contribution in [0.4, 0.5) is 24.9 Å². The molecule has 4 aliphatic heterocycles. The highest BCUT2D eigenvalue weighted by atomic mass is 19.4. The number of ether oxygens (including phenoxy) is 2. The molecule has 1 aromatic rings. The van der Waals surface area contributed by atoms with Gasteiger partial charge in [0.15, 0.2) is 0 Å². The molecule has 0 N–H and O–H groups in total. The molecule has 31 heavy (non-hydrogen) atoms. The first-order valence-corrected chi connectivity index (χ1v) is 10.5. The number of carbonyl (C=O) groups excluding carboxylic acids is 1. The molecule has 3 atom stereocenters. The summed E-state index contributed by atoms with van der Waals surface area (Å²) in [5.41, 5.74) is -0.409. The second-order valence-electron chi connectivity index (χ2n) is 8.37. The SMILES string of the molecule is O=C(CN1c2nc(N3C[C@@H]4C[C@H]3CO4)cc(=O)n2CC[C@H]1C(F)(F)F)N1CCOCC1. The highest BCUT2D eigenvalue weighted by molar-refractivity contribution is 5.81. The number of carbonyl (C=O) groups is 1. The van der Waals surface area contributed by atoms with Gasteiger partial charge in [-0.25, -0.2) is 0 Å². The first-order chi connectivity index (χ1) is 14.8. The van der Waals surface area contributed by atoms with Gasteiger partial charge in [0, 0.05) is 32.2 Å². The van der Waals surface area contributed by atoms with Crippen molar-refractivity contribution in [3.8, 4) is 0 Å². The molecular weight excluding hydrogens is 419 g/mol. The van der Waals surface area contributed by atoms with Gasteiger partial charge in [-0.15, -0.1) is 0 Å². The summed E-state index contributed by atoms with van der Waals surface area (Å²) < 4.78 is 53.7. The highest BCUT2D eigenvalue weighted by Gasteiger charge is 2.48. The molecule has 170 valence electrons. The van der Waals surface area contributed by atoms with Gasteiger partial charge < -0.3 is 24.2 Å². The summed E-state index contributed by atoms with van der Waals surface area (Å²) in [6.45, 7) is 1.85. The monoisotopic (exact) mass is 443 g/mol. The molecule has 3 fully saturated rings. The predicted octanol–water partition coefficient (Wildman–Crippen LogP) is 0.221. The molecule has 9 nitrogen and oxygen atoms in total. The van der Waals surface area contributed by atoms with Crippen LogP contribution >= 0.6 is 0 Å². The van der Waals surface area contributed by atoms with Gasteiger partial charge in [-0.1, -0.05) is 0 Å². The van der Waals surface area contributed by atoms with Gasteiger partial charge in [-0.2, -0.15) is 18.2 Å². The fourth-order valence-corrected chi connectivity index (χ4v) is 4.87. The molecular formula is C19H24F3N5O4. The molecule has 0 aromatic carbocycles. The Labute approximate surface area is 176 Å². The first kappa shape index (κ1) is 20.6. The third-order valence-corrected chi connectivity index (χ3v) is 6.48. The van der Waals surface area contributed by atoms with Gasteiger partial charge in [0.1, 0.15) is 18.4 Å². The van der Waals surface area contributed by atoms with Crippen molar-refractivity contribution in [2.45, 2.75) is 43.8 Å². The molecule has 2 bridgehead atoms. The third-order valence-electron chi connectivity index (χ3n) is 6.48. The number of hydrogen-bond acceptors (Lipinski definition) is 7. The summed E-state index contributed by atoms with van der Waals surface area (Å²) in [7, 11) is 0. The van der Waals surface area contributed by atoms with E-state index in [0.717, 1.165) is 11.3 Å². The lowest BCUT2D eigenvalue weighted by atomic mass is 10.1. The second-order valence-corrected chi connectivity index (χ2v) is 8.37. The maximum Gasteiger partial charge on any atom is 0.408 e. The molecule has 12 heteroatoms. The van der Waals surface area contributed by atoms with Crippen LogP contribution in [-0.2, 0) is 20.8 Å². The van der Waals surface area contributed by atoms with Gasteiger partial charge in [-0.3, -0.25) is 14.2 Å². The lowest BCUT2D eigenvalue weighted by Gasteiger charge is -2.40. The number of morpholine rings is 2. The summed E-state index contributed by atoms with van der Waals surface area (Å²) in [5, 5.41) is 0. The van der Waals surface area contributed by atoms with Crippen LogP contribution in [0.5, 0.6) is 0 Å². The van der Waals surface area contributed by atoms with E-state index in [9.17, 15) is 22.8 Å². The molecule has 3 saturated heterocycles. The topological polar surface area (TPSA) is 80.1 Å². The number of halogens is 3. The van der Waals surface area contributed by atoms with E-state index in [1.54, 1.807) is 0 Å². The lowest BCUT2D eigenvalue weighted by Crippen LogP contribution is -2.56. The molecule has 0 radical (unpaired) electrons. The Morgan fingerprint density at radius 2 is 2.00 bits per heavy atom. The number of fused-ring (bicyclic) bond motifs is 3. The number of amides is 1. The Kier molecular flexibility index (Phi) is 5.08. The quantitative estimate of drug-likeness (QED) is 0.661. The lowest BCUT2D eigenvalue weighted by molar-refractivity contribution is -0.154. The zero-order valence-electron chi connectivity index (χ0n) is 16.9. The minimum atomic E-state index is -4.55. The van der Waals surface area contributed by atoms with Crippen LogP contribution in [-0.4, -0.2) is 90.7 Å². The van der Waals surface area contributed by atoms with E-state index in [1.165, 1.54) is 15.5 Å². The number of anilines is 2. The van der Waals surface area contributed by atoms with Gasteiger partial charge in [-0.05, 0) is 12.8 Å². The summed E-state index contributed by atoms with van der Waals surface area (Å²) in [4.78, 5) is 34.4. The molecule has 5 heterocycles. The average Bonchev–Trinajstić information content (AvgIpc) is 3.37. The van der Waals surface area contributed by atoms with Crippen molar-refractivity contribution < 1.29 is 27.4 Å². The first-order valence-electron chi connectivity index (χ1n) is 10.5. The minimum absolute atomic E-state index is 0.0486. The van der Waals surface area contributed by atoms with E-state index in [4.69, 9.17) is 9.47 Å². The molecule has 0 spiro atoms. The fourth-order valence-electron chi connectivity index (χ4n) is 4.87. The third kappa shape index (κ3) is 3.75. The van der Waals surface area contributed by atoms with Crippen molar-refractivity contribution in [1.82, 2.24) is 14.5 Å². The molecule has 4 aliphatic rings. The van der Waals surface area contributed by atoms with E-state index < -0.39 is 30.2 Å². The smallest absolute Gasteiger partial charge is 0.378 e. The van der Waals surface area contributed by atoms with Crippen molar-refractivity contribution in [2.24, 2.45) is 0 Å². The van der Waals surface area contributed by atoms with Crippen molar-refractivity contribution in [3.05, 3.63) is 16.4 Å². The largest absolute Gasteiger partial charge is 0.408 e. The average molecular weight is 443 g/mol. The maximum absolute atomic E-state index is 13.9. The van der Waals surface area contributed by atoms with Crippen LogP contribution < -0.4 is 15.4 Å². The fraction of sp³-hybridized carbons (Fsp3) is 0.737. The Morgan fingerprint density at radius 1 is 1.23 bits per heavy atom. The van der Waals surface area contributed by atoms with Gasteiger partial charge in [0.25, 0.3) is 5.56 Å². The number of alkyl halides is 3. The van der Waals surface area contributed by atoms with Crippen LogP contribution in [0, 0.1) is 0 Å². The van der Waals surface area contributed by atoms with E-state index in [-0.39, 0.29) is 31.1 Å². The Balaban J connectivity index is 1.49. The zero-order valence-corrected chi connectivity index (χ0v) is 16.9. The molecule has 5 rings (SSSR count). The maximum atomic E-state index is 13.9. The van der Waals surface area contributed by atoms with Crippen molar-refractivity contribution >= 4 is 17.7 Å². The van der Waals surface area contributed by atoms with Crippen molar-refractivity contribution in [1.29, 1.82) is 0 Å². The highest BCUT2D eigenvalue weighted by Crippen LogP contribution is 2.36. The molecule has 1 amide bonds. The zero-order chi connectivity index (χ0) is 21.8. The van der Waals surface area contributed by atoms with Gasteiger partial charge in [0.05, 0.1) is 32.0 Å². The van der Waals surface area contributed by atoms with Crippen molar-refractivity contribution in [2.75, 3.05) is 55.8 Å².